The Kier molecular flexibility index (Phi) is 4.89. The van der Waals surface area contributed by atoms with Gasteiger partial charge in [0.15, 0.2) is 0 Å². The average molecular weight is 291 g/mol. The van der Waals surface area contributed by atoms with Gasteiger partial charge in [0.1, 0.15) is 18.0 Å². The molecule has 0 bridgehead atoms. The van der Waals surface area contributed by atoms with Gasteiger partial charge in [-0.1, -0.05) is 6.07 Å². The molecule has 1 fully saturated rings. The number of benzene rings is 1. The van der Waals surface area contributed by atoms with Crippen LogP contribution in [0.5, 0.6) is 0 Å². The number of halogens is 1. The number of nitrogens with zero attached hydrogens (tertiary/aromatic N) is 2. The molecule has 1 aromatic rings. The molecule has 112 valence electrons. The molecule has 3 N–H and O–H groups in total. The first-order valence-corrected chi connectivity index (χ1v) is 6.89. The largest absolute Gasteiger partial charge is 0.383 e. The maximum absolute atomic E-state index is 13.3. The van der Waals surface area contributed by atoms with Crippen molar-refractivity contribution in [2.45, 2.75) is 25.5 Å². The van der Waals surface area contributed by atoms with Gasteiger partial charge in [-0.05, 0) is 49.5 Å². The Labute approximate surface area is 122 Å². The molecule has 6 heteroatoms. The van der Waals surface area contributed by atoms with E-state index in [0.29, 0.717) is 19.4 Å². The lowest BCUT2D eigenvalue weighted by atomic mass is 9.90. The molecule has 1 unspecified atom stereocenters. The molecule has 0 radical (unpaired) electrons. The fraction of sp³-hybridized carbons (Fsp3) is 0.467. The minimum atomic E-state index is -1.08. The molecular formula is C15H18FN3O2. The summed E-state index contributed by atoms with van der Waals surface area (Å²) in [7, 11) is 0. The summed E-state index contributed by atoms with van der Waals surface area (Å²) in [5, 5.41) is 18.5. The monoisotopic (exact) mass is 291 g/mol. The van der Waals surface area contributed by atoms with Crippen LogP contribution in [-0.2, 0) is 11.3 Å². The summed E-state index contributed by atoms with van der Waals surface area (Å²) in [6.07, 6.45) is 0.301. The van der Waals surface area contributed by atoms with Crippen LogP contribution >= 0.6 is 0 Å². The molecule has 1 aliphatic rings. The summed E-state index contributed by atoms with van der Waals surface area (Å²) in [4.78, 5) is 13.1. The van der Waals surface area contributed by atoms with Crippen molar-refractivity contribution in [3.63, 3.8) is 0 Å². The fourth-order valence-electron chi connectivity index (χ4n) is 2.67. The van der Waals surface area contributed by atoms with Gasteiger partial charge in [0.05, 0.1) is 5.56 Å². The molecule has 5 nitrogen and oxygen atoms in total. The number of likely N-dealkylation sites (tertiary alicyclic amines) is 1. The highest BCUT2D eigenvalue weighted by Gasteiger charge is 2.28. The normalized spacial score (nSPS) is 18.1. The van der Waals surface area contributed by atoms with Crippen molar-refractivity contribution in [2.75, 3.05) is 13.1 Å². The zero-order chi connectivity index (χ0) is 15.4. The van der Waals surface area contributed by atoms with E-state index < -0.39 is 17.8 Å². The van der Waals surface area contributed by atoms with E-state index in [2.05, 4.69) is 4.90 Å². The minimum absolute atomic E-state index is 0.0477. The number of hydrogen-bond donors (Lipinski definition) is 2. The van der Waals surface area contributed by atoms with Crippen LogP contribution in [-0.4, -0.2) is 35.1 Å². The number of primary amides is 1. The summed E-state index contributed by atoms with van der Waals surface area (Å²) in [6, 6.07) is 6.35. The van der Waals surface area contributed by atoms with Gasteiger partial charge >= 0.3 is 0 Å². The first-order valence-electron chi connectivity index (χ1n) is 6.89. The van der Waals surface area contributed by atoms with Crippen molar-refractivity contribution >= 4 is 5.91 Å². The van der Waals surface area contributed by atoms with Crippen molar-refractivity contribution in [3.8, 4) is 6.07 Å². The lowest BCUT2D eigenvalue weighted by molar-refractivity contribution is -0.129. The smallest absolute Gasteiger partial charge is 0.246 e. The van der Waals surface area contributed by atoms with Crippen LogP contribution in [0.1, 0.15) is 24.0 Å². The Morgan fingerprint density at radius 1 is 1.52 bits per heavy atom. The third-order valence-corrected chi connectivity index (χ3v) is 3.93. The number of piperidine rings is 1. The molecule has 0 aliphatic carbocycles. The standard InChI is InChI=1S/C15H18FN3O2/c16-13-2-1-10(7-12(13)8-17)9-19-5-3-11(4-6-19)14(20)15(18)21/h1-2,7,11,14,20H,3-6,9H2,(H2,18,21). The molecule has 0 saturated carbocycles. The topological polar surface area (TPSA) is 90.3 Å². The third-order valence-electron chi connectivity index (χ3n) is 3.93. The maximum atomic E-state index is 13.3. The van der Waals surface area contributed by atoms with Gasteiger partial charge in [0.2, 0.25) is 5.91 Å². The van der Waals surface area contributed by atoms with Gasteiger partial charge in [-0.25, -0.2) is 4.39 Å². The number of hydrogen-bond acceptors (Lipinski definition) is 4. The third kappa shape index (κ3) is 3.78. The number of carbonyl (C=O) groups excluding carboxylic acids is 1. The van der Waals surface area contributed by atoms with E-state index in [9.17, 15) is 14.3 Å². The van der Waals surface area contributed by atoms with Crippen molar-refractivity contribution in [2.24, 2.45) is 11.7 Å². The average Bonchev–Trinajstić information content (AvgIpc) is 2.49. The van der Waals surface area contributed by atoms with Crippen molar-refractivity contribution in [1.29, 1.82) is 5.26 Å². The zero-order valence-corrected chi connectivity index (χ0v) is 11.6. The molecular weight excluding hydrogens is 273 g/mol. The first kappa shape index (κ1) is 15.4. The van der Waals surface area contributed by atoms with Gasteiger partial charge in [-0.15, -0.1) is 0 Å². The highest BCUT2D eigenvalue weighted by atomic mass is 19.1. The van der Waals surface area contributed by atoms with Crippen LogP contribution in [0.3, 0.4) is 0 Å². The summed E-state index contributed by atoms with van der Waals surface area (Å²) in [6.45, 7) is 2.08. The summed E-state index contributed by atoms with van der Waals surface area (Å²) < 4.78 is 13.3. The highest BCUT2D eigenvalue weighted by molar-refractivity contribution is 5.78. The number of aliphatic hydroxyl groups is 1. The van der Waals surface area contributed by atoms with Gasteiger partial charge in [0.25, 0.3) is 0 Å². The molecule has 1 heterocycles. The van der Waals surface area contributed by atoms with Crippen LogP contribution in [0, 0.1) is 23.1 Å². The van der Waals surface area contributed by atoms with E-state index in [1.54, 1.807) is 12.1 Å². The van der Waals surface area contributed by atoms with Crippen LogP contribution < -0.4 is 5.73 Å². The number of nitriles is 1. The van der Waals surface area contributed by atoms with E-state index in [4.69, 9.17) is 11.0 Å². The predicted molar refractivity (Wildman–Crippen MR) is 74.3 cm³/mol. The lowest BCUT2D eigenvalue weighted by Gasteiger charge is -2.33. The fourth-order valence-corrected chi connectivity index (χ4v) is 2.67. The Morgan fingerprint density at radius 3 is 2.76 bits per heavy atom. The molecule has 1 aliphatic heterocycles. The minimum Gasteiger partial charge on any atom is -0.383 e. The van der Waals surface area contributed by atoms with E-state index >= 15 is 0 Å². The second kappa shape index (κ2) is 6.66. The van der Waals surface area contributed by atoms with Crippen LogP contribution in [0.25, 0.3) is 0 Å². The summed E-state index contributed by atoms with van der Waals surface area (Å²) >= 11 is 0. The van der Waals surface area contributed by atoms with Crippen molar-refractivity contribution in [1.82, 2.24) is 4.90 Å². The van der Waals surface area contributed by atoms with Gasteiger partial charge in [-0.2, -0.15) is 5.26 Å². The Bertz CT molecular complexity index is 563. The van der Waals surface area contributed by atoms with Crippen LogP contribution in [0.15, 0.2) is 18.2 Å². The number of aliphatic hydroxyl groups excluding tert-OH is 1. The molecule has 0 spiro atoms. The summed E-state index contributed by atoms with van der Waals surface area (Å²) in [5.41, 5.74) is 6.03. The van der Waals surface area contributed by atoms with Crippen LogP contribution in [0.2, 0.25) is 0 Å². The Morgan fingerprint density at radius 2 is 2.19 bits per heavy atom. The van der Waals surface area contributed by atoms with Gasteiger partial charge in [-0.3, -0.25) is 9.69 Å². The van der Waals surface area contributed by atoms with Gasteiger partial charge < -0.3 is 10.8 Å². The molecule has 1 amide bonds. The summed E-state index contributed by atoms with van der Waals surface area (Å²) in [5.74, 6) is -1.28. The van der Waals surface area contributed by atoms with Crippen molar-refractivity contribution in [3.05, 3.63) is 35.1 Å². The molecule has 2 rings (SSSR count). The number of amides is 1. The molecule has 1 saturated heterocycles. The molecule has 1 aromatic carbocycles. The first-order chi connectivity index (χ1) is 10.0. The zero-order valence-electron chi connectivity index (χ0n) is 11.6. The molecule has 0 aromatic heterocycles. The SMILES string of the molecule is N#Cc1cc(CN2CCC(C(O)C(N)=O)CC2)ccc1F. The molecule has 21 heavy (non-hydrogen) atoms. The predicted octanol–water partition coefficient (Wildman–Crippen LogP) is 0.756. The Hall–Kier alpha value is -1.97. The second-order valence-electron chi connectivity index (χ2n) is 5.39. The highest BCUT2D eigenvalue weighted by Crippen LogP contribution is 2.22. The second-order valence-corrected chi connectivity index (χ2v) is 5.39. The molecule has 1 atom stereocenters. The van der Waals surface area contributed by atoms with Crippen molar-refractivity contribution < 1.29 is 14.3 Å². The Balaban J connectivity index is 1.92. The van der Waals surface area contributed by atoms with E-state index in [-0.39, 0.29) is 11.5 Å². The maximum Gasteiger partial charge on any atom is 0.246 e. The number of nitrogens with two attached hydrogens (primary N) is 1. The lowest BCUT2D eigenvalue weighted by Crippen LogP contribution is -2.42. The number of carbonyl (C=O) groups is 1. The van der Waals surface area contributed by atoms with Crippen LogP contribution in [0.4, 0.5) is 4.39 Å². The van der Waals surface area contributed by atoms with E-state index in [1.807, 2.05) is 6.07 Å². The quantitative estimate of drug-likeness (QED) is 0.856. The number of rotatable bonds is 4. The van der Waals surface area contributed by atoms with E-state index in [0.717, 1.165) is 18.7 Å². The van der Waals surface area contributed by atoms with Gasteiger partial charge in [0, 0.05) is 6.54 Å². The van der Waals surface area contributed by atoms with E-state index in [1.165, 1.54) is 6.07 Å².